The summed E-state index contributed by atoms with van der Waals surface area (Å²) in [4.78, 5) is 0. The summed E-state index contributed by atoms with van der Waals surface area (Å²) in [6.07, 6.45) is 3.30. The van der Waals surface area contributed by atoms with Crippen molar-refractivity contribution in [2.24, 2.45) is 7.05 Å². The van der Waals surface area contributed by atoms with Crippen LogP contribution < -0.4 is 4.57 Å². The molecule has 0 unspecified atom stereocenters. The molecule has 0 saturated heterocycles. The minimum atomic E-state index is 1.02. The van der Waals surface area contributed by atoms with E-state index in [1.807, 2.05) is 0 Å². The SMILES string of the molecule is Cc1ccccc1-c1cc(-c2c(C)ccc3c2Cc2c(C)cccc2-3)[n+](C)cc1C. The lowest BCUT2D eigenvalue weighted by Crippen LogP contribution is -2.32. The Labute approximate surface area is 179 Å². The molecule has 0 amide bonds. The molecule has 3 aromatic carbocycles. The van der Waals surface area contributed by atoms with Gasteiger partial charge in [0.1, 0.15) is 7.05 Å². The highest BCUT2D eigenvalue weighted by molar-refractivity contribution is 5.86. The lowest BCUT2D eigenvalue weighted by molar-refractivity contribution is -0.660. The Morgan fingerprint density at radius 2 is 1.30 bits per heavy atom. The molecule has 1 heterocycles. The maximum atomic E-state index is 2.40. The van der Waals surface area contributed by atoms with Crippen LogP contribution in [0.25, 0.3) is 33.5 Å². The third-order valence-corrected chi connectivity index (χ3v) is 6.74. The second-order valence-corrected chi connectivity index (χ2v) is 8.74. The third kappa shape index (κ3) is 2.81. The molecule has 0 atom stereocenters. The number of fused-ring (bicyclic) bond motifs is 3. The van der Waals surface area contributed by atoms with Crippen LogP contribution in [0.1, 0.15) is 33.4 Å². The predicted molar refractivity (Wildman–Crippen MR) is 126 cm³/mol. The number of hydrogen-bond acceptors (Lipinski definition) is 0. The summed E-state index contributed by atoms with van der Waals surface area (Å²) in [7, 11) is 2.18. The first kappa shape index (κ1) is 18.8. The van der Waals surface area contributed by atoms with Crippen molar-refractivity contribution in [3.05, 3.63) is 100 Å². The van der Waals surface area contributed by atoms with Crippen molar-refractivity contribution in [1.29, 1.82) is 0 Å². The van der Waals surface area contributed by atoms with Crippen LogP contribution in [0.2, 0.25) is 0 Å². The number of benzene rings is 3. The number of nitrogens with zero attached hydrogens (tertiary/aromatic N) is 1. The molecule has 1 nitrogen and oxygen atoms in total. The molecule has 0 fully saturated rings. The maximum absolute atomic E-state index is 2.40. The fourth-order valence-electron chi connectivity index (χ4n) is 5.12. The number of pyridine rings is 1. The van der Waals surface area contributed by atoms with Gasteiger partial charge in [-0.05, 0) is 84.2 Å². The molecule has 1 aliphatic rings. The lowest BCUT2D eigenvalue weighted by Gasteiger charge is -2.14. The van der Waals surface area contributed by atoms with E-state index in [1.165, 1.54) is 66.9 Å². The van der Waals surface area contributed by atoms with Gasteiger partial charge < -0.3 is 0 Å². The average Bonchev–Trinajstić information content (AvgIpc) is 3.10. The van der Waals surface area contributed by atoms with Crippen molar-refractivity contribution in [3.63, 3.8) is 0 Å². The molecular weight excluding hydrogens is 362 g/mol. The van der Waals surface area contributed by atoms with E-state index in [0.29, 0.717) is 0 Å². The van der Waals surface area contributed by atoms with Crippen LogP contribution in [0.4, 0.5) is 0 Å². The van der Waals surface area contributed by atoms with Crippen LogP contribution in [0.5, 0.6) is 0 Å². The van der Waals surface area contributed by atoms with Crippen LogP contribution in [0, 0.1) is 27.7 Å². The summed E-state index contributed by atoms with van der Waals surface area (Å²) >= 11 is 0. The van der Waals surface area contributed by atoms with Crippen LogP contribution in [0.15, 0.2) is 66.9 Å². The normalized spacial score (nSPS) is 12.0. The second-order valence-electron chi connectivity index (χ2n) is 8.74. The van der Waals surface area contributed by atoms with E-state index in [2.05, 4.69) is 106 Å². The standard InChI is InChI=1S/C29H28N/c1-18-9-6-7-11-22(18)26-16-28(30(5)17-21(26)4)29-20(3)13-14-24-23-12-8-10-19(2)25(23)15-27(24)29/h6-14,16-17H,15H2,1-5H3/q+1. The lowest BCUT2D eigenvalue weighted by atomic mass is 9.91. The maximum Gasteiger partial charge on any atom is 0.213 e. The van der Waals surface area contributed by atoms with Crippen LogP contribution in [-0.2, 0) is 13.5 Å². The van der Waals surface area contributed by atoms with E-state index < -0.39 is 0 Å². The van der Waals surface area contributed by atoms with E-state index in [4.69, 9.17) is 0 Å². The van der Waals surface area contributed by atoms with Gasteiger partial charge in [0.2, 0.25) is 5.69 Å². The zero-order chi connectivity index (χ0) is 21.0. The van der Waals surface area contributed by atoms with Crippen molar-refractivity contribution in [2.75, 3.05) is 0 Å². The molecule has 0 aliphatic heterocycles. The Morgan fingerprint density at radius 1 is 0.600 bits per heavy atom. The molecule has 1 aromatic heterocycles. The quantitative estimate of drug-likeness (QED) is 0.297. The van der Waals surface area contributed by atoms with Gasteiger partial charge in [0.15, 0.2) is 6.20 Å². The van der Waals surface area contributed by atoms with Crippen molar-refractivity contribution >= 4 is 0 Å². The van der Waals surface area contributed by atoms with E-state index in [0.717, 1.165) is 6.42 Å². The minimum Gasteiger partial charge on any atom is -0.201 e. The molecule has 0 spiro atoms. The van der Waals surface area contributed by atoms with Crippen LogP contribution in [-0.4, -0.2) is 0 Å². The zero-order valence-corrected chi connectivity index (χ0v) is 18.5. The molecule has 5 rings (SSSR count). The van der Waals surface area contributed by atoms with Crippen molar-refractivity contribution in [2.45, 2.75) is 34.1 Å². The van der Waals surface area contributed by atoms with Gasteiger partial charge in [0, 0.05) is 11.6 Å². The van der Waals surface area contributed by atoms with Gasteiger partial charge in [-0.1, -0.05) is 54.6 Å². The number of hydrogen-bond donors (Lipinski definition) is 0. The van der Waals surface area contributed by atoms with Gasteiger partial charge in [-0.25, -0.2) is 4.57 Å². The van der Waals surface area contributed by atoms with E-state index in [9.17, 15) is 0 Å². The fraction of sp³-hybridized carbons (Fsp3) is 0.207. The highest BCUT2D eigenvalue weighted by atomic mass is 14.9. The van der Waals surface area contributed by atoms with Gasteiger partial charge >= 0.3 is 0 Å². The Bertz CT molecular complexity index is 1310. The molecule has 148 valence electrons. The number of aromatic nitrogens is 1. The van der Waals surface area contributed by atoms with Crippen molar-refractivity contribution < 1.29 is 4.57 Å². The van der Waals surface area contributed by atoms with Gasteiger partial charge in [0.25, 0.3) is 0 Å². The summed E-state index contributed by atoms with van der Waals surface area (Å²) in [5.41, 5.74) is 16.4. The van der Waals surface area contributed by atoms with Gasteiger partial charge in [0.05, 0.1) is 5.56 Å². The summed E-state index contributed by atoms with van der Waals surface area (Å²) in [5.74, 6) is 0. The van der Waals surface area contributed by atoms with Gasteiger partial charge in [-0.3, -0.25) is 0 Å². The van der Waals surface area contributed by atoms with Crippen LogP contribution in [0.3, 0.4) is 0 Å². The largest absolute Gasteiger partial charge is 0.213 e. The summed E-state index contributed by atoms with van der Waals surface area (Å²) in [6, 6.07) is 22.4. The van der Waals surface area contributed by atoms with Crippen LogP contribution >= 0.6 is 0 Å². The van der Waals surface area contributed by atoms with Gasteiger partial charge in [-0.15, -0.1) is 0 Å². The smallest absolute Gasteiger partial charge is 0.201 e. The molecule has 0 radical (unpaired) electrons. The third-order valence-electron chi connectivity index (χ3n) is 6.74. The first-order valence-electron chi connectivity index (χ1n) is 10.7. The summed E-state index contributed by atoms with van der Waals surface area (Å²) in [5, 5.41) is 0. The van der Waals surface area contributed by atoms with E-state index >= 15 is 0 Å². The molecule has 4 aromatic rings. The van der Waals surface area contributed by atoms with E-state index in [1.54, 1.807) is 0 Å². The Kier molecular flexibility index (Phi) is 4.36. The van der Waals surface area contributed by atoms with E-state index in [-0.39, 0.29) is 0 Å². The highest BCUT2D eigenvalue weighted by Crippen LogP contribution is 2.44. The number of aryl methyl sites for hydroxylation is 5. The summed E-state index contributed by atoms with van der Waals surface area (Å²) in [6.45, 7) is 8.90. The van der Waals surface area contributed by atoms with Crippen molar-refractivity contribution in [1.82, 2.24) is 0 Å². The topological polar surface area (TPSA) is 3.88 Å². The molecule has 1 heteroatoms. The van der Waals surface area contributed by atoms with Gasteiger partial charge in [-0.2, -0.15) is 0 Å². The number of rotatable bonds is 2. The second kappa shape index (κ2) is 6.95. The first-order chi connectivity index (χ1) is 14.5. The fourth-order valence-corrected chi connectivity index (χ4v) is 5.12. The molecule has 0 saturated carbocycles. The predicted octanol–water partition coefficient (Wildman–Crippen LogP) is 6.65. The average molecular weight is 391 g/mol. The minimum absolute atomic E-state index is 1.02. The highest BCUT2D eigenvalue weighted by Gasteiger charge is 2.28. The monoisotopic (exact) mass is 390 g/mol. The Hall–Kier alpha value is -3.19. The molecule has 0 N–H and O–H groups in total. The molecule has 0 bridgehead atoms. The first-order valence-corrected chi connectivity index (χ1v) is 10.7. The Balaban J connectivity index is 1.76. The van der Waals surface area contributed by atoms with Crippen molar-refractivity contribution in [3.8, 4) is 33.5 Å². The zero-order valence-electron chi connectivity index (χ0n) is 18.5. The molecular formula is C29H28N+. The molecule has 1 aliphatic carbocycles. The molecule has 30 heavy (non-hydrogen) atoms. The Morgan fingerprint density at radius 3 is 2.10 bits per heavy atom. The summed E-state index contributed by atoms with van der Waals surface area (Å²) < 4.78 is 2.30.